The monoisotopic (exact) mass is 286 g/mol. The Morgan fingerprint density at radius 1 is 1.38 bits per heavy atom. The first-order chi connectivity index (χ1) is 10.1. The maximum atomic E-state index is 11.6. The van der Waals surface area contributed by atoms with E-state index in [1.807, 2.05) is 18.2 Å². The Bertz CT molecular complexity index is 643. The first-order valence-corrected chi connectivity index (χ1v) is 7.66. The van der Waals surface area contributed by atoms with Crippen LogP contribution in [0.2, 0.25) is 0 Å². The summed E-state index contributed by atoms with van der Waals surface area (Å²) in [7, 11) is 0. The lowest BCUT2D eigenvalue weighted by molar-refractivity contribution is -0.121. The van der Waals surface area contributed by atoms with Gasteiger partial charge in [-0.1, -0.05) is 18.2 Å². The highest BCUT2D eigenvalue weighted by molar-refractivity contribution is 5.82. The van der Waals surface area contributed by atoms with Crippen LogP contribution in [0.1, 0.15) is 43.6 Å². The fraction of sp³-hybridized carbons (Fsp3) is 0.471. The first kappa shape index (κ1) is 14.1. The summed E-state index contributed by atoms with van der Waals surface area (Å²) in [4.78, 5) is 11.6. The molecule has 21 heavy (non-hydrogen) atoms. The average molecular weight is 286 g/mol. The average Bonchev–Trinajstić information content (AvgIpc) is 3.21. The van der Waals surface area contributed by atoms with Gasteiger partial charge in [0, 0.05) is 24.4 Å². The molecule has 0 spiro atoms. The van der Waals surface area contributed by atoms with Crippen LogP contribution in [0, 0.1) is 6.92 Å². The van der Waals surface area contributed by atoms with Crippen molar-refractivity contribution in [1.82, 2.24) is 10.6 Å². The summed E-state index contributed by atoms with van der Waals surface area (Å²) in [6.07, 6.45) is 2.78. The number of hydrogen-bond acceptors (Lipinski definition) is 3. The quantitative estimate of drug-likeness (QED) is 0.858. The fourth-order valence-electron chi connectivity index (χ4n) is 2.63. The molecular weight excluding hydrogens is 264 g/mol. The number of carbonyl (C=O) groups excluding carboxylic acids is 1. The van der Waals surface area contributed by atoms with Crippen molar-refractivity contribution in [1.29, 1.82) is 0 Å². The Morgan fingerprint density at radius 2 is 2.14 bits per heavy atom. The van der Waals surface area contributed by atoms with Gasteiger partial charge in [-0.15, -0.1) is 0 Å². The van der Waals surface area contributed by atoms with Crippen LogP contribution in [-0.2, 0) is 4.79 Å². The lowest BCUT2D eigenvalue weighted by Gasteiger charge is -2.12. The third-order valence-electron chi connectivity index (χ3n) is 4.02. The van der Waals surface area contributed by atoms with Gasteiger partial charge < -0.3 is 15.1 Å². The summed E-state index contributed by atoms with van der Waals surface area (Å²) in [6, 6.07) is 8.61. The van der Waals surface area contributed by atoms with E-state index in [1.54, 1.807) is 0 Å². The molecule has 4 nitrogen and oxygen atoms in total. The normalized spacial score (nSPS) is 16.1. The Morgan fingerprint density at radius 3 is 2.86 bits per heavy atom. The number of furan rings is 1. The summed E-state index contributed by atoms with van der Waals surface area (Å²) in [5.74, 6) is 1.09. The number of nitrogens with one attached hydrogen (secondary N) is 2. The largest absolute Gasteiger partial charge is 0.459 e. The first-order valence-electron chi connectivity index (χ1n) is 7.66. The zero-order valence-electron chi connectivity index (χ0n) is 12.6. The molecule has 0 aliphatic heterocycles. The lowest BCUT2D eigenvalue weighted by atomic mass is 10.1. The van der Waals surface area contributed by atoms with E-state index in [1.165, 1.54) is 5.56 Å². The standard InChI is InChI=1S/C17H22N2O2/c1-11-14-5-3-4-6-15(14)21-17(11)12(2)18-10-9-16(20)19-13-7-8-13/h3-6,12-13,18H,7-10H2,1-2H3,(H,19,20). The minimum Gasteiger partial charge on any atom is -0.459 e. The second kappa shape index (κ2) is 5.90. The molecule has 1 aromatic heterocycles. The number of benzene rings is 1. The summed E-state index contributed by atoms with van der Waals surface area (Å²) in [5, 5.41) is 7.53. The maximum absolute atomic E-state index is 11.6. The molecule has 4 heteroatoms. The number of carbonyl (C=O) groups is 1. The molecule has 3 rings (SSSR count). The van der Waals surface area contributed by atoms with Crippen molar-refractivity contribution < 1.29 is 9.21 Å². The van der Waals surface area contributed by atoms with Gasteiger partial charge in [0.05, 0.1) is 6.04 Å². The van der Waals surface area contributed by atoms with Crippen LogP contribution in [0.25, 0.3) is 11.0 Å². The van der Waals surface area contributed by atoms with Crippen molar-refractivity contribution in [2.75, 3.05) is 6.54 Å². The Hall–Kier alpha value is -1.81. The van der Waals surface area contributed by atoms with Crippen molar-refractivity contribution in [3.63, 3.8) is 0 Å². The lowest BCUT2D eigenvalue weighted by Crippen LogP contribution is -2.30. The van der Waals surface area contributed by atoms with Crippen LogP contribution in [-0.4, -0.2) is 18.5 Å². The van der Waals surface area contributed by atoms with Crippen molar-refractivity contribution in [3.8, 4) is 0 Å². The predicted octanol–water partition coefficient (Wildman–Crippen LogP) is 3.06. The highest BCUT2D eigenvalue weighted by atomic mass is 16.3. The van der Waals surface area contributed by atoms with Crippen molar-refractivity contribution >= 4 is 16.9 Å². The van der Waals surface area contributed by atoms with Crippen molar-refractivity contribution in [2.45, 2.75) is 45.2 Å². The topological polar surface area (TPSA) is 54.3 Å². The van der Waals surface area contributed by atoms with Gasteiger partial charge >= 0.3 is 0 Å². The SMILES string of the molecule is Cc1c(C(C)NCCC(=O)NC2CC2)oc2ccccc12. The van der Waals surface area contributed by atoms with Crippen LogP contribution >= 0.6 is 0 Å². The molecule has 1 fully saturated rings. The van der Waals surface area contributed by atoms with Gasteiger partial charge in [-0.2, -0.15) is 0 Å². The van der Waals surface area contributed by atoms with E-state index in [0.717, 1.165) is 29.6 Å². The molecular formula is C17H22N2O2. The third kappa shape index (κ3) is 3.27. The van der Waals surface area contributed by atoms with Crippen LogP contribution < -0.4 is 10.6 Å². The third-order valence-corrected chi connectivity index (χ3v) is 4.02. The molecule has 1 heterocycles. The van der Waals surface area contributed by atoms with E-state index in [2.05, 4.69) is 30.5 Å². The van der Waals surface area contributed by atoms with Gasteiger partial charge in [0.25, 0.3) is 0 Å². The minimum atomic E-state index is 0.103. The van der Waals surface area contributed by atoms with Gasteiger partial charge in [0.1, 0.15) is 11.3 Å². The van der Waals surface area contributed by atoms with Gasteiger partial charge in [0.2, 0.25) is 5.91 Å². The minimum absolute atomic E-state index is 0.103. The Labute approximate surface area is 124 Å². The second-order valence-electron chi connectivity index (χ2n) is 5.86. The summed E-state index contributed by atoms with van der Waals surface area (Å²) >= 11 is 0. The zero-order chi connectivity index (χ0) is 14.8. The molecule has 1 atom stereocenters. The molecule has 0 saturated heterocycles. The number of para-hydroxylation sites is 1. The Kier molecular flexibility index (Phi) is 3.97. The predicted molar refractivity (Wildman–Crippen MR) is 83.2 cm³/mol. The summed E-state index contributed by atoms with van der Waals surface area (Å²) in [6.45, 7) is 4.82. The van der Waals surface area contributed by atoms with Crippen LogP contribution in [0.4, 0.5) is 0 Å². The molecule has 0 bridgehead atoms. The number of fused-ring (bicyclic) bond motifs is 1. The molecule has 0 radical (unpaired) electrons. The van der Waals surface area contributed by atoms with Crippen LogP contribution in [0.15, 0.2) is 28.7 Å². The van der Waals surface area contributed by atoms with Gasteiger partial charge in [-0.25, -0.2) is 0 Å². The molecule has 1 aliphatic carbocycles. The molecule has 1 amide bonds. The molecule has 2 aromatic rings. The summed E-state index contributed by atoms with van der Waals surface area (Å²) in [5.41, 5.74) is 2.10. The smallest absolute Gasteiger partial charge is 0.221 e. The van der Waals surface area contributed by atoms with Crippen molar-refractivity contribution in [2.24, 2.45) is 0 Å². The molecule has 1 unspecified atom stereocenters. The van der Waals surface area contributed by atoms with E-state index >= 15 is 0 Å². The number of hydrogen-bond donors (Lipinski definition) is 2. The van der Waals surface area contributed by atoms with E-state index in [9.17, 15) is 4.79 Å². The van der Waals surface area contributed by atoms with Crippen molar-refractivity contribution in [3.05, 3.63) is 35.6 Å². The number of aryl methyl sites for hydroxylation is 1. The Balaban J connectivity index is 1.57. The highest BCUT2D eigenvalue weighted by Crippen LogP contribution is 2.29. The van der Waals surface area contributed by atoms with E-state index in [0.29, 0.717) is 19.0 Å². The van der Waals surface area contributed by atoms with E-state index in [-0.39, 0.29) is 11.9 Å². The molecule has 1 aromatic carbocycles. The number of amides is 1. The van der Waals surface area contributed by atoms with Gasteiger partial charge in [-0.05, 0) is 38.3 Å². The maximum Gasteiger partial charge on any atom is 0.221 e. The molecule has 1 saturated carbocycles. The fourth-order valence-corrected chi connectivity index (χ4v) is 2.63. The van der Waals surface area contributed by atoms with Crippen LogP contribution in [0.5, 0.6) is 0 Å². The zero-order valence-corrected chi connectivity index (χ0v) is 12.6. The van der Waals surface area contributed by atoms with Gasteiger partial charge in [-0.3, -0.25) is 4.79 Å². The molecule has 1 aliphatic rings. The summed E-state index contributed by atoms with van der Waals surface area (Å²) < 4.78 is 5.93. The molecule has 112 valence electrons. The van der Waals surface area contributed by atoms with Gasteiger partial charge in [0.15, 0.2) is 0 Å². The number of rotatable bonds is 6. The van der Waals surface area contributed by atoms with Crippen LogP contribution in [0.3, 0.4) is 0 Å². The second-order valence-corrected chi connectivity index (χ2v) is 5.86. The highest BCUT2D eigenvalue weighted by Gasteiger charge is 2.23. The van der Waals surface area contributed by atoms with E-state index in [4.69, 9.17) is 4.42 Å². The molecule has 2 N–H and O–H groups in total. The van der Waals surface area contributed by atoms with E-state index < -0.39 is 0 Å².